The molecule has 0 aliphatic rings. The van der Waals surface area contributed by atoms with Crippen LogP contribution in [0, 0.1) is 6.42 Å². The van der Waals surface area contributed by atoms with E-state index < -0.39 is 0 Å². The molecule has 0 amide bonds. The predicted octanol–water partition coefficient (Wildman–Crippen LogP) is -2.15. The molecule has 0 spiro atoms. The van der Waals surface area contributed by atoms with Crippen LogP contribution in [0.2, 0.25) is 0 Å². The van der Waals surface area contributed by atoms with Crippen molar-refractivity contribution in [1.82, 2.24) is 0 Å². The Bertz CT molecular complexity index is 6.85. The van der Waals surface area contributed by atoms with Gasteiger partial charge in [-0.3, -0.25) is 0 Å². The molecule has 0 bridgehead atoms. The maximum atomic E-state index is 2.00. The van der Waals surface area contributed by atoms with Crippen LogP contribution in [-0.2, 0) is 0 Å². The fourth-order valence-corrected chi connectivity index (χ4v) is 0. The molecule has 0 rings (SSSR count). The second-order valence-corrected chi connectivity index (χ2v) is 0.577. The van der Waals surface area contributed by atoms with Crippen LogP contribution in [-0.4, -0.2) is 23.1 Å². The van der Waals surface area contributed by atoms with Crippen LogP contribution < -0.4 is 4.70 Å². The van der Waals surface area contributed by atoms with Crippen molar-refractivity contribution in [2.24, 2.45) is 0 Å². The van der Waals surface area contributed by atoms with Crippen LogP contribution in [0.5, 0.6) is 0 Å². The number of hydrogen-bond donors (Lipinski definition) is 0. The summed E-state index contributed by atoms with van der Waals surface area (Å²) in [6.45, 7) is 4.00. The van der Waals surface area contributed by atoms with E-state index in [1.807, 2.05) is 20.3 Å². The standard InChI is InChI=1S/C3H7.FH.Mg/c1-3-2;;/h3H,1-2H3;1H;/q-1;;+2/p-1. The van der Waals surface area contributed by atoms with E-state index in [2.05, 4.69) is 0 Å². The average Bonchev–Trinajstić information content (AvgIpc) is 0.918. The smallest absolute Gasteiger partial charge is 1.00 e. The molecule has 0 fully saturated rings. The average molecular weight is 86.4 g/mol. The molecule has 0 aliphatic heterocycles. The Morgan fingerprint density at radius 2 is 1.20 bits per heavy atom. The van der Waals surface area contributed by atoms with E-state index in [1.54, 1.807) is 0 Å². The van der Waals surface area contributed by atoms with E-state index in [4.69, 9.17) is 0 Å². The van der Waals surface area contributed by atoms with Crippen molar-refractivity contribution in [3.05, 3.63) is 6.42 Å². The number of hydrogen-bond acceptors (Lipinski definition) is 0. The first-order chi connectivity index (χ1) is 1.41. The van der Waals surface area contributed by atoms with Crippen molar-refractivity contribution in [2.75, 3.05) is 0 Å². The topological polar surface area (TPSA) is 0 Å². The molecule has 0 aromatic carbocycles. The molecule has 0 atom stereocenters. The molecule has 0 nitrogen and oxygen atoms in total. The summed E-state index contributed by atoms with van der Waals surface area (Å²) in [7, 11) is 0. The molecule has 0 aromatic rings. The van der Waals surface area contributed by atoms with Crippen molar-refractivity contribution in [3.8, 4) is 0 Å². The summed E-state index contributed by atoms with van der Waals surface area (Å²) in [4.78, 5) is 0. The molecule has 0 N–H and O–H groups in total. The Hall–Kier alpha value is 0.696. The number of halogens is 1. The van der Waals surface area contributed by atoms with Gasteiger partial charge in [-0.2, -0.15) is 13.8 Å². The van der Waals surface area contributed by atoms with E-state index in [0.717, 1.165) is 0 Å². The molecule has 0 aromatic heterocycles. The van der Waals surface area contributed by atoms with Crippen LogP contribution >= 0.6 is 0 Å². The Balaban J connectivity index is -0.0000000200. The van der Waals surface area contributed by atoms with Gasteiger partial charge in [-0.05, 0) is 0 Å². The molecule has 0 saturated heterocycles. The Morgan fingerprint density at radius 3 is 1.20 bits per heavy atom. The summed E-state index contributed by atoms with van der Waals surface area (Å²) in [6, 6.07) is 0. The zero-order chi connectivity index (χ0) is 2.71. The molecule has 0 unspecified atom stereocenters. The minimum atomic E-state index is 0. The van der Waals surface area contributed by atoms with Crippen LogP contribution in [0.15, 0.2) is 0 Å². The second kappa shape index (κ2) is 22.3. The minimum Gasteiger partial charge on any atom is -1.00 e. The molecule has 0 radical (unpaired) electrons. The fourth-order valence-electron chi connectivity index (χ4n) is 0. The molecule has 0 aliphatic carbocycles. The summed E-state index contributed by atoms with van der Waals surface area (Å²) in [6.07, 6.45) is 2.00. The maximum Gasteiger partial charge on any atom is 2.00 e. The minimum absolute atomic E-state index is 0. The van der Waals surface area contributed by atoms with Gasteiger partial charge in [-0.15, -0.1) is 0 Å². The van der Waals surface area contributed by atoms with Crippen molar-refractivity contribution in [3.63, 3.8) is 0 Å². The predicted molar refractivity (Wildman–Crippen MR) is 21.4 cm³/mol. The van der Waals surface area contributed by atoms with E-state index >= 15 is 0 Å². The third-order valence-corrected chi connectivity index (χ3v) is 0. The van der Waals surface area contributed by atoms with Crippen molar-refractivity contribution in [2.45, 2.75) is 13.8 Å². The Kier molecular flexibility index (Phi) is 77.1. The van der Waals surface area contributed by atoms with Gasteiger partial charge in [0, 0.05) is 0 Å². The molecule has 28 valence electrons. The van der Waals surface area contributed by atoms with E-state index in [1.165, 1.54) is 0 Å². The molecule has 2 heteroatoms. The first-order valence-corrected chi connectivity index (χ1v) is 1.15. The first-order valence-electron chi connectivity index (χ1n) is 1.15. The van der Waals surface area contributed by atoms with Gasteiger partial charge in [0.15, 0.2) is 0 Å². The first kappa shape index (κ1) is 17.3. The summed E-state index contributed by atoms with van der Waals surface area (Å²) in [5, 5.41) is 0. The second-order valence-electron chi connectivity index (χ2n) is 0.577. The molecular weight excluding hydrogens is 79.3 g/mol. The van der Waals surface area contributed by atoms with Gasteiger partial charge in [-0.1, -0.05) is 0 Å². The van der Waals surface area contributed by atoms with Crippen LogP contribution in [0.3, 0.4) is 0 Å². The van der Waals surface area contributed by atoms with Crippen LogP contribution in [0.1, 0.15) is 13.8 Å². The Labute approximate surface area is 48.5 Å². The number of rotatable bonds is 0. The normalized spacial score (nSPS) is 3.60. The monoisotopic (exact) mass is 86.0 g/mol. The fraction of sp³-hybridized carbons (Fsp3) is 0.667. The molecule has 0 heterocycles. The third-order valence-electron chi connectivity index (χ3n) is 0. The third kappa shape index (κ3) is 70.4. The van der Waals surface area contributed by atoms with Gasteiger partial charge >= 0.3 is 23.1 Å². The molecule has 0 saturated carbocycles. The van der Waals surface area contributed by atoms with E-state index in [0.29, 0.717) is 0 Å². The van der Waals surface area contributed by atoms with E-state index in [9.17, 15) is 0 Å². The van der Waals surface area contributed by atoms with Crippen molar-refractivity contribution < 1.29 is 4.70 Å². The van der Waals surface area contributed by atoms with Gasteiger partial charge in [0.2, 0.25) is 0 Å². The summed E-state index contributed by atoms with van der Waals surface area (Å²) >= 11 is 0. The van der Waals surface area contributed by atoms with E-state index in [-0.39, 0.29) is 27.8 Å². The van der Waals surface area contributed by atoms with Gasteiger partial charge < -0.3 is 11.1 Å². The molecular formula is C3H7FMg. The van der Waals surface area contributed by atoms with Gasteiger partial charge in [0.1, 0.15) is 0 Å². The summed E-state index contributed by atoms with van der Waals surface area (Å²) in [5.74, 6) is 0. The summed E-state index contributed by atoms with van der Waals surface area (Å²) < 4.78 is 0. The van der Waals surface area contributed by atoms with Gasteiger partial charge in [0.05, 0.1) is 0 Å². The summed E-state index contributed by atoms with van der Waals surface area (Å²) in [5.41, 5.74) is 0. The van der Waals surface area contributed by atoms with Crippen molar-refractivity contribution in [1.29, 1.82) is 0 Å². The SMILES string of the molecule is C[CH-]C.[F-].[Mg+2]. The maximum absolute atomic E-state index is 2.00. The largest absolute Gasteiger partial charge is 2.00 e. The van der Waals surface area contributed by atoms with Gasteiger partial charge in [-0.25, -0.2) is 0 Å². The Morgan fingerprint density at radius 1 is 1.20 bits per heavy atom. The van der Waals surface area contributed by atoms with Crippen LogP contribution in [0.25, 0.3) is 0 Å². The van der Waals surface area contributed by atoms with Gasteiger partial charge in [0.25, 0.3) is 0 Å². The zero-order valence-electron chi connectivity index (χ0n) is 3.66. The quantitative estimate of drug-likeness (QED) is 0.233. The van der Waals surface area contributed by atoms with Crippen molar-refractivity contribution >= 4 is 23.1 Å². The zero-order valence-corrected chi connectivity index (χ0v) is 5.08. The molecule has 5 heavy (non-hydrogen) atoms. The van der Waals surface area contributed by atoms with Crippen LogP contribution in [0.4, 0.5) is 0 Å².